The molecular formula is C25H28N2O4. The van der Waals surface area contributed by atoms with Crippen LogP contribution in [0.2, 0.25) is 0 Å². The molecule has 1 atom stereocenters. The molecule has 3 N–H and O–H groups in total. The van der Waals surface area contributed by atoms with Crippen LogP contribution in [0.4, 0.5) is 0 Å². The summed E-state index contributed by atoms with van der Waals surface area (Å²) in [5.41, 5.74) is 2.17. The molecule has 1 aromatic heterocycles. The highest BCUT2D eigenvalue weighted by Crippen LogP contribution is 2.28. The van der Waals surface area contributed by atoms with Crippen LogP contribution in [0.3, 0.4) is 0 Å². The minimum Gasteiger partial charge on any atom is -0.493 e. The molecule has 0 radical (unpaired) electrons. The Morgan fingerprint density at radius 1 is 0.871 bits per heavy atom. The van der Waals surface area contributed by atoms with E-state index in [9.17, 15) is 5.11 Å². The van der Waals surface area contributed by atoms with E-state index in [1.54, 1.807) is 7.11 Å². The van der Waals surface area contributed by atoms with Crippen molar-refractivity contribution in [2.75, 3.05) is 33.4 Å². The molecule has 0 spiro atoms. The van der Waals surface area contributed by atoms with E-state index in [2.05, 4.69) is 28.5 Å². The largest absolute Gasteiger partial charge is 0.493 e. The fraction of sp³-hybridized carbons (Fsp3) is 0.280. The highest BCUT2D eigenvalue weighted by Gasteiger charge is 2.07. The Bertz CT molecular complexity index is 1120. The first-order valence-corrected chi connectivity index (χ1v) is 10.5. The van der Waals surface area contributed by atoms with Gasteiger partial charge in [-0.25, -0.2) is 0 Å². The summed E-state index contributed by atoms with van der Waals surface area (Å²) in [6.45, 7) is 2.06. The maximum absolute atomic E-state index is 10.2. The molecule has 4 rings (SSSR count). The first-order chi connectivity index (χ1) is 15.2. The van der Waals surface area contributed by atoms with E-state index in [1.807, 2.05) is 48.5 Å². The monoisotopic (exact) mass is 420 g/mol. The number of aromatic amines is 1. The molecule has 6 nitrogen and oxygen atoms in total. The fourth-order valence-corrected chi connectivity index (χ4v) is 3.58. The van der Waals surface area contributed by atoms with Crippen molar-refractivity contribution >= 4 is 21.8 Å². The van der Waals surface area contributed by atoms with E-state index in [4.69, 9.17) is 14.2 Å². The van der Waals surface area contributed by atoms with Gasteiger partial charge in [-0.15, -0.1) is 0 Å². The van der Waals surface area contributed by atoms with Gasteiger partial charge < -0.3 is 29.6 Å². The Kier molecular flexibility index (Phi) is 6.92. The number of ether oxygens (including phenoxy) is 3. The van der Waals surface area contributed by atoms with E-state index in [0.717, 1.165) is 16.8 Å². The molecule has 4 aromatic rings. The molecule has 6 heteroatoms. The van der Waals surface area contributed by atoms with Gasteiger partial charge in [0.1, 0.15) is 12.4 Å². The minimum absolute atomic E-state index is 0.451. The third-order valence-corrected chi connectivity index (χ3v) is 5.18. The average molecular weight is 421 g/mol. The number of benzene rings is 3. The maximum Gasteiger partial charge on any atom is 0.161 e. The molecule has 0 amide bonds. The molecule has 31 heavy (non-hydrogen) atoms. The predicted octanol–water partition coefficient (Wildman–Crippen LogP) is 4.13. The van der Waals surface area contributed by atoms with Crippen molar-refractivity contribution < 1.29 is 19.3 Å². The van der Waals surface area contributed by atoms with Crippen molar-refractivity contribution in [3.63, 3.8) is 0 Å². The smallest absolute Gasteiger partial charge is 0.161 e. The molecule has 0 saturated carbocycles. The number of para-hydroxylation sites is 3. The van der Waals surface area contributed by atoms with Gasteiger partial charge in [0.15, 0.2) is 11.5 Å². The van der Waals surface area contributed by atoms with Crippen molar-refractivity contribution in [1.82, 2.24) is 10.3 Å². The number of methoxy groups -OCH3 is 1. The lowest BCUT2D eigenvalue weighted by atomic mass is 10.1. The molecule has 3 aromatic carbocycles. The fourth-order valence-electron chi connectivity index (χ4n) is 3.58. The highest BCUT2D eigenvalue weighted by atomic mass is 16.5. The molecule has 0 bridgehead atoms. The number of aromatic nitrogens is 1. The third-order valence-electron chi connectivity index (χ3n) is 5.18. The summed E-state index contributed by atoms with van der Waals surface area (Å²) >= 11 is 0. The first kappa shape index (κ1) is 21.0. The summed E-state index contributed by atoms with van der Waals surface area (Å²) < 4.78 is 16.8. The van der Waals surface area contributed by atoms with Gasteiger partial charge in [0.05, 0.1) is 25.3 Å². The van der Waals surface area contributed by atoms with Crippen LogP contribution in [0, 0.1) is 0 Å². The van der Waals surface area contributed by atoms with E-state index in [-0.39, 0.29) is 0 Å². The number of aliphatic hydroxyl groups excluding tert-OH is 1. The summed E-state index contributed by atoms with van der Waals surface area (Å²) in [6, 6.07) is 21.8. The normalized spacial score (nSPS) is 12.2. The number of nitrogens with one attached hydrogen (secondary N) is 2. The standard InChI is InChI=1S/C25H28N2O4/c1-29-24-8-4-5-9-25(24)31-15-13-26-17-18(28)12-14-30-19-10-11-21-20-6-2-3-7-22(20)27-23(21)16-19/h2-11,16,18,26-28H,12-15,17H2,1H3. The van der Waals surface area contributed by atoms with Gasteiger partial charge in [-0.1, -0.05) is 30.3 Å². The van der Waals surface area contributed by atoms with Crippen LogP contribution < -0.4 is 19.5 Å². The Hall–Kier alpha value is -3.22. The molecule has 1 unspecified atom stereocenters. The Balaban J connectivity index is 1.16. The van der Waals surface area contributed by atoms with Crippen LogP contribution in [0.25, 0.3) is 21.8 Å². The first-order valence-electron chi connectivity index (χ1n) is 10.5. The van der Waals surface area contributed by atoms with E-state index in [0.29, 0.717) is 44.2 Å². The van der Waals surface area contributed by atoms with E-state index >= 15 is 0 Å². The van der Waals surface area contributed by atoms with Crippen molar-refractivity contribution in [2.45, 2.75) is 12.5 Å². The maximum atomic E-state index is 10.2. The molecule has 0 aliphatic carbocycles. The SMILES string of the molecule is COc1ccccc1OCCNCC(O)CCOc1ccc2c(c1)[nH]c1ccccc12. The molecule has 0 aliphatic rings. The Morgan fingerprint density at radius 3 is 2.52 bits per heavy atom. The van der Waals surface area contributed by atoms with Gasteiger partial charge in [0.2, 0.25) is 0 Å². The molecule has 162 valence electrons. The zero-order valence-electron chi connectivity index (χ0n) is 17.6. The zero-order valence-corrected chi connectivity index (χ0v) is 17.6. The molecule has 0 fully saturated rings. The van der Waals surface area contributed by atoms with Gasteiger partial charge in [0, 0.05) is 41.9 Å². The average Bonchev–Trinajstić information content (AvgIpc) is 3.17. The summed E-state index contributed by atoms with van der Waals surface area (Å²) in [6.07, 6.45) is 0.0635. The summed E-state index contributed by atoms with van der Waals surface area (Å²) in [4.78, 5) is 3.42. The van der Waals surface area contributed by atoms with Gasteiger partial charge in [-0.05, 0) is 30.3 Å². The second-order valence-corrected chi connectivity index (χ2v) is 7.37. The third kappa shape index (κ3) is 5.29. The number of hydrogen-bond acceptors (Lipinski definition) is 5. The molecule has 0 aliphatic heterocycles. The number of rotatable bonds is 11. The van der Waals surface area contributed by atoms with Crippen LogP contribution >= 0.6 is 0 Å². The number of H-pyrrole nitrogens is 1. The lowest BCUT2D eigenvalue weighted by molar-refractivity contribution is 0.136. The summed E-state index contributed by atoms with van der Waals surface area (Å²) in [5, 5.41) is 15.8. The van der Waals surface area contributed by atoms with Crippen molar-refractivity contribution in [1.29, 1.82) is 0 Å². The van der Waals surface area contributed by atoms with E-state index in [1.165, 1.54) is 10.8 Å². The minimum atomic E-state index is -0.483. The Morgan fingerprint density at radius 2 is 1.65 bits per heavy atom. The van der Waals surface area contributed by atoms with Crippen LogP contribution in [-0.2, 0) is 0 Å². The van der Waals surface area contributed by atoms with Gasteiger partial charge in [0.25, 0.3) is 0 Å². The van der Waals surface area contributed by atoms with Crippen molar-refractivity contribution in [3.8, 4) is 17.2 Å². The predicted molar refractivity (Wildman–Crippen MR) is 123 cm³/mol. The molecule has 0 saturated heterocycles. The summed E-state index contributed by atoms with van der Waals surface area (Å²) in [7, 11) is 1.62. The Labute approximate surface area is 181 Å². The number of fused-ring (bicyclic) bond motifs is 3. The quantitative estimate of drug-likeness (QED) is 0.318. The highest BCUT2D eigenvalue weighted by molar-refractivity contribution is 6.07. The lowest BCUT2D eigenvalue weighted by Gasteiger charge is -2.14. The second kappa shape index (κ2) is 10.2. The van der Waals surface area contributed by atoms with E-state index < -0.39 is 6.10 Å². The topological polar surface area (TPSA) is 75.7 Å². The molecular weight excluding hydrogens is 392 g/mol. The van der Waals surface area contributed by atoms with Gasteiger partial charge >= 0.3 is 0 Å². The van der Waals surface area contributed by atoms with Crippen LogP contribution in [0.1, 0.15) is 6.42 Å². The summed E-state index contributed by atoms with van der Waals surface area (Å²) in [5.74, 6) is 2.22. The van der Waals surface area contributed by atoms with Crippen LogP contribution in [0.5, 0.6) is 17.2 Å². The van der Waals surface area contributed by atoms with Crippen LogP contribution in [0.15, 0.2) is 66.7 Å². The number of hydrogen-bond donors (Lipinski definition) is 3. The van der Waals surface area contributed by atoms with Crippen LogP contribution in [-0.4, -0.2) is 49.6 Å². The lowest BCUT2D eigenvalue weighted by Crippen LogP contribution is -2.31. The van der Waals surface area contributed by atoms with Gasteiger partial charge in [-0.2, -0.15) is 0 Å². The van der Waals surface area contributed by atoms with Crippen molar-refractivity contribution in [2.24, 2.45) is 0 Å². The molecule has 1 heterocycles. The number of aliphatic hydroxyl groups is 1. The zero-order chi connectivity index (χ0) is 21.5. The van der Waals surface area contributed by atoms with Gasteiger partial charge in [-0.3, -0.25) is 0 Å². The van der Waals surface area contributed by atoms with Crippen molar-refractivity contribution in [3.05, 3.63) is 66.7 Å². The second-order valence-electron chi connectivity index (χ2n) is 7.37.